The van der Waals surface area contributed by atoms with Gasteiger partial charge in [-0.15, -0.1) is 0 Å². The predicted molar refractivity (Wildman–Crippen MR) is 75.4 cm³/mol. The van der Waals surface area contributed by atoms with E-state index in [0.29, 0.717) is 12.6 Å². The van der Waals surface area contributed by atoms with Crippen molar-refractivity contribution >= 4 is 5.97 Å². The summed E-state index contributed by atoms with van der Waals surface area (Å²) in [6.07, 6.45) is 0.902. The molecule has 0 bridgehead atoms. The fourth-order valence-corrected chi connectivity index (χ4v) is 1.82. The van der Waals surface area contributed by atoms with Crippen LogP contribution in [0.4, 0.5) is 0 Å². The Hall–Kier alpha value is -1.55. The first kappa shape index (κ1) is 15.5. The zero-order valence-corrected chi connectivity index (χ0v) is 12.2. The molecule has 0 aliphatic rings. The molecule has 0 saturated carbocycles. The molecule has 0 fully saturated rings. The highest BCUT2D eigenvalue weighted by Crippen LogP contribution is 2.12. The second-order valence-corrected chi connectivity index (χ2v) is 4.74. The zero-order chi connectivity index (χ0) is 14.3. The van der Waals surface area contributed by atoms with Crippen LogP contribution >= 0.6 is 0 Å². The standard InChI is InChI=1S/C15H23NO3/c1-12(2)16(11-15(17)19-4)10-9-13-5-7-14(18-3)8-6-13/h5-8,12H,9-11H2,1-4H3. The maximum Gasteiger partial charge on any atom is 0.319 e. The number of rotatable bonds is 7. The van der Waals surface area contributed by atoms with Crippen LogP contribution in [0, 0.1) is 0 Å². The Labute approximate surface area is 115 Å². The van der Waals surface area contributed by atoms with Crippen LogP contribution in [0.25, 0.3) is 0 Å². The summed E-state index contributed by atoms with van der Waals surface area (Å²) in [5.41, 5.74) is 1.23. The molecule has 0 saturated heterocycles. The molecular formula is C15H23NO3. The van der Waals surface area contributed by atoms with Crippen LogP contribution in [0.1, 0.15) is 19.4 Å². The van der Waals surface area contributed by atoms with Gasteiger partial charge in [-0.3, -0.25) is 9.69 Å². The van der Waals surface area contributed by atoms with Gasteiger partial charge in [0, 0.05) is 12.6 Å². The maximum absolute atomic E-state index is 11.3. The Kier molecular flexibility index (Phi) is 6.36. The lowest BCUT2D eigenvalue weighted by Crippen LogP contribution is -2.37. The van der Waals surface area contributed by atoms with E-state index in [1.807, 2.05) is 12.1 Å². The fraction of sp³-hybridized carbons (Fsp3) is 0.533. The van der Waals surface area contributed by atoms with E-state index in [4.69, 9.17) is 9.47 Å². The van der Waals surface area contributed by atoms with Crippen molar-refractivity contribution in [2.24, 2.45) is 0 Å². The quantitative estimate of drug-likeness (QED) is 0.708. The number of benzene rings is 1. The van der Waals surface area contributed by atoms with Crippen molar-refractivity contribution in [3.05, 3.63) is 29.8 Å². The molecule has 0 aliphatic carbocycles. The van der Waals surface area contributed by atoms with Gasteiger partial charge in [-0.1, -0.05) is 12.1 Å². The molecule has 0 spiro atoms. The van der Waals surface area contributed by atoms with Gasteiger partial charge in [0.05, 0.1) is 20.8 Å². The van der Waals surface area contributed by atoms with Crippen molar-refractivity contribution in [2.45, 2.75) is 26.3 Å². The minimum absolute atomic E-state index is 0.191. The van der Waals surface area contributed by atoms with Gasteiger partial charge in [0.25, 0.3) is 0 Å². The lowest BCUT2D eigenvalue weighted by atomic mass is 10.1. The number of nitrogens with zero attached hydrogens (tertiary/aromatic N) is 1. The summed E-state index contributed by atoms with van der Waals surface area (Å²) < 4.78 is 9.84. The molecule has 0 unspecified atom stereocenters. The normalized spacial score (nSPS) is 10.8. The smallest absolute Gasteiger partial charge is 0.319 e. The summed E-state index contributed by atoms with van der Waals surface area (Å²) >= 11 is 0. The van der Waals surface area contributed by atoms with Crippen molar-refractivity contribution in [3.63, 3.8) is 0 Å². The number of ether oxygens (including phenoxy) is 2. The molecule has 19 heavy (non-hydrogen) atoms. The van der Waals surface area contributed by atoms with E-state index in [0.717, 1.165) is 18.7 Å². The Morgan fingerprint density at radius 3 is 2.32 bits per heavy atom. The minimum Gasteiger partial charge on any atom is -0.497 e. The average molecular weight is 265 g/mol. The summed E-state index contributed by atoms with van der Waals surface area (Å²) in [5, 5.41) is 0. The van der Waals surface area contributed by atoms with Crippen LogP contribution in [0.5, 0.6) is 5.75 Å². The van der Waals surface area contributed by atoms with Crippen LogP contribution in [-0.4, -0.2) is 44.2 Å². The van der Waals surface area contributed by atoms with Crippen LogP contribution < -0.4 is 4.74 Å². The summed E-state index contributed by atoms with van der Waals surface area (Å²) in [5.74, 6) is 0.669. The molecule has 0 atom stereocenters. The zero-order valence-electron chi connectivity index (χ0n) is 12.2. The third kappa shape index (κ3) is 5.30. The summed E-state index contributed by atoms with van der Waals surface area (Å²) in [6, 6.07) is 8.33. The highest BCUT2D eigenvalue weighted by atomic mass is 16.5. The van der Waals surface area contributed by atoms with Gasteiger partial charge in [0.1, 0.15) is 5.75 Å². The Morgan fingerprint density at radius 1 is 1.21 bits per heavy atom. The second-order valence-electron chi connectivity index (χ2n) is 4.74. The fourth-order valence-electron chi connectivity index (χ4n) is 1.82. The van der Waals surface area contributed by atoms with Gasteiger partial charge >= 0.3 is 5.97 Å². The third-order valence-electron chi connectivity index (χ3n) is 3.14. The molecule has 0 amide bonds. The van der Waals surface area contributed by atoms with Crippen molar-refractivity contribution in [1.82, 2.24) is 4.90 Å². The Morgan fingerprint density at radius 2 is 1.84 bits per heavy atom. The molecule has 0 radical (unpaired) electrons. The van der Waals surface area contributed by atoms with Crippen molar-refractivity contribution in [3.8, 4) is 5.75 Å². The topological polar surface area (TPSA) is 38.8 Å². The molecule has 4 nitrogen and oxygen atoms in total. The number of hydrogen-bond donors (Lipinski definition) is 0. The summed E-state index contributed by atoms with van der Waals surface area (Å²) in [4.78, 5) is 13.4. The van der Waals surface area contributed by atoms with Crippen molar-refractivity contribution in [2.75, 3.05) is 27.3 Å². The Bertz CT molecular complexity index is 387. The van der Waals surface area contributed by atoms with Crippen molar-refractivity contribution in [1.29, 1.82) is 0 Å². The van der Waals surface area contributed by atoms with E-state index in [1.165, 1.54) is 12.7 Å². The minimum atomic E-state index is -0.191. The monoisotopic (exact) mass is 265 g/mol. The van der Waals surface area contributed by atoms with E-state index in [2.05, 4.69) is 30.9 Å². The molecule has 1 aromatic rings. The number of hydrogen-bond acceptors (Lipinski definition) is 4. The lowest BCUT2D eigenvalue weighted by molar-refractivity contribution is -0.142. The van der Waals surface area contributed by atoms with E-state index < -0.39 is 0 Å². The number of carbonyl (C=O) groups is 1. The van der Waals surface area contributed by atoms with Gasteiger partial charge in [-0.25, -0.2) is 0 Å². The first-order valence-electron chi connectivity index (χ1n) is 6.50. The van der Waals surface area contributed by atoms with Gasteiger partial charge in [0.15, 0.2) is 0 Å². The van der Waals surface area contributed by atoms with E-state index in [1.54, 1.807) is 7.11 Å². The maximum atomic E-state index is 11.3. The van der Waals surface area contributed by atoms with Gasteiger partial charge in [0.2, 0.25) is 0 Å². The Balaban J connectivity index is 2.52. The number of esters is 1. The van der Waals surface area contributed by atoms with E-state index >= 15 is 0 Å². The average Bonchev–Trinajstić information content (AvgIpc) is 2.43. The highest BCUT2D eigenvalue weighted by Gasteiger charge is 2.14. The second kappa shape index (κ2) is 7.79. The number of methoxy groups -OCH3 is 2. The molecule has 0 aromatic heterocycles. The van der Waals surface area contributed by atoms with Crippen LogP contribution in [0.2, 0.25) is 0 Å². The molecule has 0 aliphatic heterocycles. The molecule has 0 heterocycles. The van der Waals surface area contributed by atoms with Crippen LogP contribution in [0.3, 0.4) is 0 Å². The van der Waals surface area contributed by atoms with Crippen LogP contribution in [-0.2, 0) is 16.0 Å². The summed E-state index contributed by atoms with van der Waals surface area (Å²) in [6.45, 7) is 5.33. The molecule has 4 heteroatoms. The largest absolute Gasteiger partial charge is 0.497 e. The lowest BCUT2D eigenvalue weighted by Gasteiger charge is -2.25. The van der Waals surface area contributed by atoms with Gasteiger partial charge in [-0.2, -0.15) is 0 Å². The molecule has 106 valence electrons. The molecule has 1 rings (SSSR count). The highest BCUT2D eigenvalue weighted by molar-refractivity contribution is 5.71. The van der Waals surface area contributed by atoms with Gasteiger partial charge in [-0.05, 0) is 38.0 Å². The summed E-state index contributed by atoms with van der Waals surface area (Å²) in [7, 11) is 3.08. The van der Waals surface area contributed by atoms with E-state index in [-0.39, 0.29) is 5.97 Å². The van der Waals surface area contributed by atoms with E-state index in [9.17, 15) is 4.79 Å². The molecule has 0 N–H and O–H groups in total. The third-order valence-corrected chi connectivity index (χ3v) is 3.14. The first-order chi connectivity index (χ1) is 9.06. The SMILES string of the molecule is COC(=O)CN(CCc1ccc(OC)cc1)C(C)C. The van der Waals surface area contributed by atoms with Gasteiger partial charge < -0.3 is 9.47 Å². The molecular weight excluding hydrogens is 242 g/mol. The van der Waals surface area contributed by atoms with Crippen LogP contribution in [0.15, 0.2) is 24.3 Å². The predicted octanol–water partition coefficient (Wildman–Crippen LogP) is 2.12. The first-order valence-corrected chi connectivity index (χ1v) is 6.50. The number of carbonyl (C=O) groups excluding carboxylic acids is 1. The van der Waals surface area contributed by atoms with Crippen molar-refractivity contribution < 1.29 is 14.3 Å². The molecule has 1 aromatic carbocycles.